The first-order valence-corrected chi connectivity index (χ1v) is 4.74. The van der Waals surface area contributed by atoms with E-state index in [9.17, 15) is 0 Å². The van der Waals surface area contributed by atoms with E-state index in [1.807, 2.05) is 37.3 Å². The van der Waals surface area contributed by atoms with Crippen molar-refractivity contribution in [2.75, 3.05) is 19.8 Å². The third-order valence-corrected chi connectivity index (χ3v) is 1.33. The fraction of sp³-hybridized carbons (Fsp3) is 0.455. The summed E-state index contributed by atoms with van der Waals surface area (Å²) in [5, 5.41) is 16.3. The third-order valence-electron chi connectivity index (χ3n) is 1.33. The van der Waals surface area contributed by atoms with Crippen molar-refractivity contribution in [3.05, 3.63) is 30.3 Å². The lowest BCUT2D eigenvalue weighted by Gasteiger charge is -2.01. The summed E-state index contributed by atoms with van der Waals surface area (Å²) in [6.45, 7) is 2.68. The average molecular weight is 198 g/mol. The molecule has 0 radical (unpaired) electrons. The predicted octanol–water partition coefficient (Wildman–Crippen LogP) is 1.45. The van der Waals surface area contributed by atoms with Gasteiger partial charge in [-0.2, -0.15) is 0 Å². The van der Waals surface area contributed by atoms with Crippen LogP contribution in [-0.4, -0.2) is 30.0 Å². The number of hydrogen-bond acceptors (Lipinski definition) is 3. The molecule has 0 atom stereocenters. The van der Waals surface area contributed by atoms with Crippen molar-refractivity contribution >= 4 is 0 Å². The number of aliphatic hydroxyl groups excluding tert-OH is 2. The monoisotopic (exact) mass is 198 g/mol. The van der Waals surface area contributed by atoms with E-state index in [4.69, 9.17) is 14.9 Å². The molecule has 80 valence electrons. The summed E-state index contributed by atoms with van der Waals surface area (Å²) in [4.78, 5) is 0. The van der Waals surface area contributed by atoms with Crippen LogP contribution in [0, 0.1) is 0 Å². The molecule has 1 aromatic carbocycles. The van der Waals surface area contributed by atoms with Crippen LogP contribution in [0.1, 0.15) is 13.3 Å². The van der Waals surface area contributed by atoms with E-state index in [2.05, 4.69) is 0 Å². The summed E-state index contributed by atoms with van der Waals surface area (Å²) >= 11 is 0. The molecule has 0 saturated heterocycles. The van der Waals surface area contributed by atoms with Crippen LogP contribution in [0.2, 0.25) is 0 Å². The molecule has 0 spiro atoms. The number of aliphatic hydroxyl groups is 2. The Balaban J connectivity index is 0.000000364. The van der Waals surface area contributed by atoms with E-state index in [-0.39, 0.29) is 6.61 Å². The smallest absolute Gasteiger partial charge is 0.119 e. The summed E-state index contributed by atoms with van der Waals surface area (Å²) < 4.78 is 5.11. The van der Waals surface area contributed by atoms with Crippen LogP contribution in [0.15, 0.2) is 30.3 Å². The Kier molecular flexibility index (Phi) is 9.26. The van der Waals surface area contributed by atoms with Gasteiger partial charge in [-0.3, -0.25) is 0 Å². The second-order valence-corrected chi connectivity index (χ2v) is 2.61. The van der Waals surface area contributed by atoms with Crippen molar-refractivity contribution in [2.24, 2.45) is 0 Å². The fourth-order valence-corrected chi connectivity index (χ4v) is 0.680. The number of para-hydroxylation sites is 1. The molecule has 0 saturated carbocycles. The number of ether oxygens (including phenoxy) is 1. The number of benzene rings is 1. The Bertz CT molecular complexity index is 197. The highest BCUT2D eigenvalue weighted by molar-refractivity contribution is 5.20. The van der Waals surface area contributed by atoms with Crippen LogP contribution in [0.3, 0.4) is 0 Å². The van der Waals surface area contributed by atoms with Crippen LogP contribution in [0.25, 0.3) is 0 Å². The molecule has 1 rings (SSSR count). The minimum Gasteiger partial charge on any atom is -0.491 e. The summed E-state index contributed by atoms with van der Waals surface area (Å²) in [5.74, 6) is 0.802. The van der Waals surface area contributed by atoms with Crippen molar-refractivity contribution in [3.63, 3.8) is 0 Å². The lowest BCUT2D eigenvalue weighted by Crippen LogP contribution is -2.00. The Morgan fingerprint density at radius 1 is 1.07 bits per heavy atom. The zero-order valence-corrected chi connectivity index (χ0v) is 8.52. The highest BCUT2D eigenvalue weighted by Gasteiger charge is 1.86. The molecule has 0 heterocycles. The van der Waals surface area contributed by atoms with Gasteiger partial charge in [0, 0.05) is 6.61 Å². The zero-order valence-electron chi connectivity index (χ0n) is 8.52. The molecular formula is C11H18O3. The van der Waals surface area contributed by atoms with E-state index >= 15 is 0 Å². The summed E-state index contributed by atoms with van der Waals surface area (Å²) in [6, 6.07) is 9.43. The van der Waals surface area contributed by atoms with Crippen LogP contribution in [0.4, 0.5) is 0 Å². The molecule has 3 heteroatoms. The number of rotatable bonds is 4. The molecule has 0 aromatic heterocycles. The maximum absolute atomic E-state index is 8.40. The quantitative estimate of drug-likeness (QED) is 0.769. The molecule has 0 unspecified atom stereocenters. The Hall–Kier alpha value is -1.06. The second-order valence-electron chi connectivity index (χ2n) is 2.61. The Morgan fingerprint density at radius 2 is 1.64 bits per heavy atom. The van der Waals surface area contributed by atoms with Crippen LogP contribution < -0.4 is 4.74 Å². The molecule has 2 N–H and O–H groups in total. The first kappa shape index (κ1) is 12.9. The Labute approximate surface area is 85.0 Å². The Morgan fingerprint density at radius 3 is 2.07 bits per heavy atom. The molecule has 0 fully saturated rings. The van der Waals surface area contributed by atoms with Gasteiger partial charge in [-0.25, -0.2) is 0 Å². The average Bonchev–Trinajstić information content (AvgIpc) is 2.28. The normalized spacial score (nSPS) is 8.79. The van der Waals surface area contributed by atoms with Crippen LogP contribution in [-0.2, 0) is 0 Å². The topological polar surface area (TPSA) is 49.7 Å². The van der Waals surface area contributed by atoms with Crippen molar-refractivity contribution in [2.45, 2.75) is 13.3 Å². The maximum atomic E-state index is 8.40. The van der Waals surface area contributed by atoms with Gasteiger partial charge >= 0.3 is 0 Å². The predicted molar refractivity (Wildman–Crippen MR) is 56.4 cm³/mol. The van der Waals surface area contributed by atoms with Gasteiger partial charge in [0.05, 0.1) is 6.61 Å². The lowest BCUT2D eigenvalue weighted by molar-refractivity contribution is 0.201. The van der Waals surface area contributed by atoms with Gasteiger partial charge in [0.25, 0.3) is 0 Å². The summed E-state index contributed by atoms with van der Waals surface area (Å²) in [7, 11) is 0. The van der Waals surface area contributed by atoms with Crippen LogP contribution >= 0.6 is 0 Å². The van der Waals surface area contributed by atoms with E-state index < -0.39 is 0 Å². The van der Waals surface area contributed by atoms with Crippen LogP contribution in [0.5, 0.6) is 5.75 Å². The zero-order chi connectivity index (χ0) is 10.6. The van der Waals surface area contributed by atoms with Crippen molar-refractivity contribution in [1.29, 1.82) is 0 Å². The van der Waals surface area contributed by atoms with E-state index in [0.717, 1.165) is 12.2 Å². The first-order chi connectivity index (χ1) is 6.85. The van der Waals surface area contributed by atoms with Gasteiger partial charge in [-0.15, -0.1) is 0 Å². The van der Waals surface area contributed by atoms with Crippen molar-refractivity contribution in [3.8, 4) is 5.75 Å². The van der Waals surface area contributed by atoms with E-state index in [1.54, 1.807) is 0 Å². The van der Waals surface area contributed by atoms with Gasteiger partial charge < -0.3 is 14.9 Å². The minimum atomic E-state index is 0.0644. The first-order valence-electron chi connectivity index (χ1n) is 4.74. The molecule has 1 aromatic rings. The minimum absolute atomic E-state index is 0.0644. The molecule has 0 aliphatic carbocycles. The highest BCUT2D eigenvalue weighted by atomic mass is 16.5. The van der Waals surface area contributed by atoms with E-state index in [1.165, 1.54) is 0 Å². The molecular weight excluding hydrogens is 180 g/mol. The SMILES string of the molecule is CCCO.OCCOc1ccccc1. The highest BCUT2D eigenvalue weighted by Crippen LogP contribution is 2.06. The van der Waals surface area contributed by atoms with Crippen molar-refractivity contribution < 1.29 is 14.9 Å². The van der Waals surface area contributed by atoms with Gasteiger partial charge in [0.2, 0.25) is 0 Å². The molecule has 0 bridgehead atoms. The molecule has 0 amide bonds. The fourth-order valence-electron chi connectivity index (χ4n) is 0.680. The standard InChI is InChI=1S/C8H10O2.C3H8O/c9-6-7-10-8-4-2-1-3-5-8;1-2-3-4/h1-5,9H,6-7H2;4H,2-3H2,1H3. The molecule has 0 aliphatic rings. The lowest BCUT2D eigenvalue weighted by atomic mass is 10.3. The largest absolute Gasteiger partial charge is 0.491 e. The second kappa shape index (κ2) is 10.0. The van der Waals surface area contributed by atoms with Gasteiger partial charge in [0.15, 0.2) is 0 Å². The summed E-state index contributed by atoms with van der Waals surface area (Å²) in [5.41, 5.74) is 0. The van der Waals surface area contributed by atoms with E-state index in [0.29, 0.717) is 13.2 Å². The number of hydrogen-bond donors (Lipinski definition) is 2. The summed E-state index contributed by atoms with van der Waals surface area (Å²) in [6.07, 6.45) is 0.875. The van der Waals surface area contributed by atoms with Gasteiger partial charge in [-0.05, 0) is 18.6 Å². The third kappa shape index (κ3) is 7.58. The maximum Gasteiger partial charge on any atom is 0.119 e. The van der Waals surface area contributed by atoms with Gasteiger partial charge in [0.1, 0.15) is 12.4 Å². The molecule has 0 aliphatic heterocycles. The van der Waals surface area contributed by atoms with Crippen molar-refractivity contribution in [1.82, 2.24) is 0 Å². The molecule has 3 nitrogen and oxygen atoms in total. The molecule has 14 heavy (non-hydrogen) atoms. The van der Waals surface area contributed by atoms with Gasteiger partial charge in [-0.1, -0.05) is 25.1 Å².